The van der Waals surface area contributed by atoms with E-state index < -0.39 is 0 Å². The Bertz CT molecular complexity index is 169. The molecular formula is C11H21NO. The van der Waals surface area contributed by atoms with Gasteiger partial charge in [-0.2, -0.15) is 0 Å². The van der Waals surface area contributed by atoms with Crippen molar-refractivity contribution < 1.29 is 4.74 Å². The normalized spacial score (nSPS) is 26.1. The maximum atomic E-state index is 5.58. The van der Waals surface area contributed by atoms with E-state index in [0.717, 1.165) is 6.42 Å². The van der Waals surface area contributed by atoms with Crippen molar-refractivity contribution in [3.05, 3.63) is 12.3 Å². The van der Waals surface area contributed by atoms with E-state index in [1.54, 1.807) is 0 Å². The van der Waals surface area contributed by atoms with Crippen LogP contribution in [0.4, 0.5) is 0 Å². The molecule has 0 N–H and O–H groups in total. The summed E-state index contributed by atoms with van der Waals surface area (Å²) in [5.74, 6) is 0.694. The highest BCUT2D eigenvalue weighted by Gasteiger charge is 2.29. The van der Waals surface area contributed by atoms with Gasteiger partial charge in [0, 0.05) is 12.5 Å². The minimum absolute atomic E-state index is 0.366. The number of hydrogen-bond donors (Lipinski definition) is 0. The van der Waals surface area contributed by atoms with Gasteiger partial charge in [0.05, 0.1) is 6.26 Å². The lowest BCUT2D eigenvalue weighted by Gasteiger charge is -2.33. The molecule has 0 amide bonds. The van der Waals surface area contributed by atoms with Gasteiger partial charge in [-0.3, -0.25) is 0 Å². The summed E-state index contributed by atoms with van der Waals surface area (Å²) in [7, 11) is 4.27. The second-order valence-electron chi connectivity index (χ2n) is 4.12. The van der Waals surface area contributed by atoms with Crippen molar-refractivity contribution in [1.29, 1.82) is 0 Å². The van der Waals surface area contributed by atoms with Crippen LogP contribution in [-0.4, -0.2) is 31.1 Å². The van der Waals surface area contributed by atoms with Gasteiger partial charge >= 0.3 is 0 Å². The zero-order valence-corrected chi connectivity index (χ0v) is 9.16. The van der Waals surface area contributed by atoms with E-state index in [-0.39, 0.29) is 0 Å². The predicted octanol–water partition coefficient (Wildman–Crippen LogP) is 2.27. The molecule has 0 aromatic heterocycles. The van der Waals surface area contributed by atoms with Crippen molar-refractivity contribution >= 4 is 0 Å². The van der Waals surface area contributed by atoms with Gasteiger partial charge in [-0.1, -0.05) is 20.3 Å². The zero-order valence-electron chi connectivity index (χ0n) is 9.16. The summed E-state index contributed by atoms with van der Waals surface area (Å²) in [4.78, 5) is 2.28. The Labute approximate surface area is 81.6 Å². The quantitative estimate of drug-likeness (QED) is 0.663. The minimum atomic E-state index is 0.366. The number of hydrogen-bond acceptors (Lipinski definition) is 2. The lowest BCUT2D eigenvalue weighted by molar-refractivity contribution is 0.0474. The molecule has 2 heteroatoms. The topological polar surface area (TPSA) is 12.5 Å². The lowest BCUT2D eigenvalue weighted by atomic mass is 9.92. The molecule has 1 aliphatic heterocycles. The second kappa shape index (κ2) is 4.66. The van der Waals surface area contributed by atoms with Crippen LogP contribution in [0.5, 0.6) is 0 Å². The molecule has 0 bridgehead atoms. The second-order valence-corrected chi connectivity index (χ2v) is 4.12. The smallest absolute Gasteiger partial charge is 0.117 e. The maximum absolute atomic E-state index is 5.58. The number of nitrogens with zero attached hydrogens (tertiary/aromatic N) is 1. The molecule has 3 atom stereocenters. The highest BCUT2D eigenvalue weighted by atomic mass is 16.5. The van der Waals surface area contributed by atoms with Crippen molar-refractivity contribution in [2.75, 3.05) is 14.1 Å². The number of ether oxygens (including phenoxy) is 1. The van der Waals surface area contributed by atoms with Crippen molar-refractivity contribution in [2.24, 2.45) is 5.92 Å². The highest BCUT2D eigenvalue weighted by Crippen LogP contribution is 2.23. The number of rotatable bonds is 4. The van der Waals surface area contributed by atoms with Gasteiger partial charge in [0.25, 0.3) is 0 Å². The van der Waals surface area contributed by atoms with Crippen LogP contribution in [0.25, 0.3) is 0 Å². The molecule has 0 fully saturated rings. The third-order valence-corrected chi connectivity index (χ3v) is 2.92. The summed E-state index contributed by atoms with van der Waals surface area (Å²) in [6, 6.07) is 0.542. The first kappa shape index (κ1) is 10.6. The van der Waals surface area contributed by atoms with E-state index in [1.807, 2.05) is 6.26 Å². The summed E-state index contributed by atoms with van der Waals surface area (Å²) < 4.78 is 5.58. The van der Waals surface area contributed by atoms with Gasteiger partial charge in [0.1, 0.15) is 6.10 Å². The molecule has 13 heavy (non-hydrogen) atoms. The fraction of sp³-hybridized carbons (Fsp3) is 0.818. The Morgan fingerprint density at radius 2 is 2.23 bits per heavy atom. The Morgan fingerprint density at radius 3 is 2.62 bits per heavy atom. The maximum Gasteiger partial charge on any atom is 0.117 e. The van der Waals surface area contributed by atoms with Crippen LogP contribution < -0.4 is 0 Å². The van der Waals surface area contributed by atoms with E-state index in [9.17, 15) is 0 Å². The summed E-state index contributed by atoms with van der Waals surface area (Å²) in [5, 5.41) is 0. The first-order valence-corrected chi connectivity index (χ1v) is 5.13. The fourth-order valence-electron chi connectivity index (χ4n) is 2.07. The zero-order chi connectivity index (χ0) is 9.84. The average molecular weight is 183 g/mol. The molecule has 0 aromatic carbocycles. The van der Waals surface area contributed by atoms with Crippen LogP contribution in [0.15, 0.2) is 12.3 Å². The molecule has 0 saturated carbocycles. The molecule has 0 saturated heterocycles. The molecule has 0 radical (unpaired) electrons. The largest absolute Gasteiger partial charge is 0.496 e. The lowest BCUT2D eigenvalue weighted by Crippen LogP contribution is -2.43. The van der Waals surface area contributed by atoms with E-state index in [1.165, 1.54) is 6.42 Å². The third-order valence-electron chi connectivity index (χ3n) is 2.92. The van der Waals surface area contributed by atoms with Crippen LogP contribution >= 0.6 is 0 Å². The molecule has 0 spiro atoms. The van der Waals surface area contributed by atoms with Gasteiger partial charge in [-0.25, -0.2) is 0 Å². The van der Waals surface area contributed by atoms with Crippen molar-refractivity contribution in [3.63, 3.8) is 0 Å². The molecular weight excluding hydrogens is 162 g/mol. The van der Waals surface area contributed by atoms with Crippen LogP contribution in [0.2, 0.25) is 0 Å². The van der Waals surface area contributed by atoms with E-state index >= 15 is 0 Å². The molecule has 1 heterocycles. The van der Waals surface area contributed by atoms with Crippen LogP contribution in [0, 0.1) is 5.92 Å². The van der Waals surface area contributed by atoms with Gasteiger partial charge in [0.15, 0.2) is 0 Å². The standard InChI is InChI=1S/C11H21NO/c1-5-9(2)11(12(3)4)10-7-6-8-13-10/h6,8-11H,5,7H2,1-4H3. The van der Waals surface area contributed by atoms with Gasteiger partial charge in [0.2, 0.25) is 0 Å². The predicted molar refractivity (Wildman–Crippen MR) is 55.6 cm³/mol. The molecule has 2 nitrogen and oxygen atoms in total. The van der Waals surface area contributed by atoms with Crippen molar-refractivity contribution in [1.82, 2.24) is 4.90 Å². The first-order valence-electron chi connectivity index (χ1n) is 5.13. The van der Waals surface area contributed by atoms with Gasteiger partial charge < -0.3 is 9.64 Å². The Hall–Kier alpha value is -0.500. The highest BCUT2D eigenvalue weighted by molar-refractivity contribution is 4.94. The Morgan fingerprint density at radius 1 is 1.54 bits per heavy atom. The fourth-order valence-corrected chi connectivity index (χ4v) is 2.07. The number of likely N-dealkylation sites (N-methyl/N-ethyl adjacent to an activating group) is 1. The average Bonchev–Trinajstić information content (AvgIpc) is 2.56. The monoisotopic (exact) mass is 183 g/mol. The third kappa shape index (κ3) is 2.47. The first-order chi connectivity index (χ1) is 6.16. The Kier molecular flexibility index (Phi) is 3.79. The van der Waals surface area contributed by atoms with E-state index in [2.05, 4.69) is 38.9 Å². The molecule has 76 valence electrons. The van der Waals surface area contributed by atoms with Gasteiger partial charge in [-0.05, 0) is 26.1 Å². The summed E-state index contributed by atoms with van der Waals surface area (Å²) >= 11 is 0. The summed E-state index contributed by atoms with van der Waals surface area (Å²) in [6.07, 6.45) is 6.59. The molecule has 0 aliphatic carbocycles. The molecule has 1 aliphatic rings. The summed E-state index contributed by atoms with van der Waals surface area (Å²) in [6.45, 7) is 4.54. The Balaban J connectivity index is 2.56. The van der Waals surface area contributed by atoms with Crippen LogP contribution in [-0.2, 0) is 4.74 Å². The van der Waals surface area contributed by atoms with E-state index in [4.69, 9.17) is 4.74 Å². The minimum Gasteiger partial charge on any atom is -0.496 e. The van der Waals surface area contributed by atoms with E-state index in [0.29, 0.717) is 18.1 Å². The van der Waals surface area contributed by atoms with Crippen molar-refractivity contribution in [2.45, 2.75) is 38.8 Å². The van der Waals surface area contributed by atoms with Crippen LogP contribution in [0.3, 0.4) is 0 Å². The van der Waals surface area contributed by atoms with Gasteiger partial charge in [-0.15, -0.1) is 0 Å². The van der Waals surface area contributed by atoms with Crippen molar-refractivity contribution in [3.8, 4) is 0 Å². The molecule has 0 aromatic rings. The SMILES string of the molecule is CCC(C)C(C1CC=CO1)N(C)C. The van der Waals surface area contributed by atoms with Crippen LogP contribution in [0.1, 0.15) is 26.7 Å². The molecule has 3 unspecified atom stereocenters. The molecule has 1 rings (SSSR count). The summed E-state index contributed by atoms with van der Waals surface area (Å²) in [5.41, 5.74) is 0.